The van der Waals surface area contributed by atoms with Crippen molar-refractivity contribution in [3.05, 3.63) is 17.5 Å². The molecule has 1 rings (SSSR count). The summed E-state index contributed by atoms with van der Waals surface area (Å²) >= 11 is 5.57. The number of amides is 1. The topological polar surface area (TPSA) is 66.9 Å². The molecule has 1 aromatic heterocycles. The highest BCUT2D eigenvalue weighted by Gasteiger charge is 2.02. The third kappa shape index (κ3) is 4.71. The van der Waals surface area contributed by atoms with E-state index in [4.69, 9.17) is 11.6 Å². The van der Waals surface area contributed by atoms with Crippen molar-refractivity contribution in [2.45, 2.75) is 13.3 Å². The standard InChI is InChI=1S/C9H13ClN4O/c1-2-11-5-4-8(15)13-7-3-6-12-9(10)14-7/h3,6,11H,2,4-5H2,1H3,(H,12,13,14,15). The van der Waals surface area contributed by atoms with Crippen molar-refractivity contribution in [2.75, 3.05) is 18.4 Å². The molecular formula is C9H13ClN4O. The molecule has 0 aliphatic rings. The number of hydrogen-bond donors (Lipinski definition) is 2. The van der Waals surface area contributed by atoms with E-state index in [0.29, 0.717) is 18.8 Å². The summed E-state index contributed by atoms with van der Waals surface area (Å²) in [5, 5.41) is 5.81. The van der Waals surface area contributed by atoms with Crippen molar-refractivity contribution >= 4 is 23.3 Å². The summed E-state index contributed by atoms with van der Waals surface area (Å²) in [6.07, 6.45) is 1.91. The molecule has 5 nitrogen and oxygen atoms in total. The molecule has 0 aliphatic carbocycles. The van der Waals surface area contributed by atoms with E-state index in [2.05, 4.69) is 20.6 Å². The largest absolute Gasteiger partial charge is 0.316 e. The summed E-state index contributed by atoms with van der Waals surface area (Å²) in [4.78, 5) is 18.9. The Morgan fingerprint density at radius 1 is 1.60 bits per heavy atom. The van der Waals surface area contributed by atoms with Crippen LogP contribution >= 0.6 is 11.6 Å². The van der Waals surface area contributed by atoms with Crippen LogP contribution in [0.2, 0.25) is 5.28 Å². The van der Waals surface area contributed by atoms with Crippen LogP contribution < -0.4 is 10.6 Å². The van der Waals surface area contributed by atoms with Gasteiger partial charge in [-0.15, -0.1) is 0 Å². The summed E-state index contributed by atoms with van der Waals surface area (Å²) in [6, 6.07) is 1.59. The van der Waals surface area contributed by atoms with Crippen molar-refractivity contribution < 1.29 is 4.79 Å². The third-order valence-electron chi connectivity index (χ3n) is 1.67. The molecule has 15 heavy (non-hydrogen) atoms. The second-order valence-electron chi connectivity index (χ2n) is 2.86. The predicted octanol–water partition coefficient (Wildman–Crippen LogP) is 1.07. The van der Waals surface area contributed by atoms with Crippen molar-refractivity contribution in [3.8, 4) is 0 Å². The lowest BCUT2D eigenvalue weighted by atomic mass is 10.4. The zero-order valence-corrected chi connectivity index (χ0v) is 9.21. The summed E-state index contributed by atoms with van der Waals surface area (Å²) in [6.45, 7) is 3.50. The predicted molar refractivity (Wildman–Crippen MR) is 58.8 cm³/mol. The van der Waals surface area contributed by atoms with Gasteiger partial charge in [0.2, 0.25) is 11.2 Å². The van der Waals surface area contributed by atoms with Crippen LogP contribution in [0.3, 0.4) is 0 Å². The first-order valence-electron chi connectivity index (χ1n) is 4.71. The molecule has 1 amide bonds. The number of halogens is 1. The van der Waals surface area contributed by atoms with Crippen LogP contribution in [0.1, 0.15) is 13.3 Å². The first-order valence-corrected chi connectivity index (χ1v) is 5.09. The molecule has 0 radical (unpaired) electrons. The van der Waals surface area contributed by atoms with E-state index in [-0.39, 0.29) is 11.2 Å². The van der Waals surface area contributed by atoms with Gasteiger partial charge >= 0.3 is 0 Å². The Kier molecular flexibility index (Phi) is 5.00. The van der Waals surface area contributed by atoms with Crippen LogP contribution in [-0.2, 0) is 4.79 Å². The lowest BCUT2D eigenvalue weighted by Crippen LogP contribution is -2.21. The average Bonchev–Trinajstić information content (AvgIpc) is 2.18. The maximum absolute atomic E-state index is 11.3. The molecular weight excluding hydrogens is 216 g/mol. The quantitative estimate of drug-likeness (QED) is 0.585. The second kappa shape index (κ2) is 6.31. The Labute approximate surface area is 93.3 Å². The van der Waals surface area contributed by atoms with Crippen LogP contribution in [0.4, 0.5) is 5.82 Å². The molecule has 0 aromatic carbocycles. The van der Waals surface area contributed by atoms with E-state index in [9.17, 15) is 4.79 Å². The molecule has 0 saturated heterocycles. The Bertz CT molecular complexity index is 332. The van der Waals surface area contributed by atoms with E-state index >= 15 is 0 Å². The van der Waals surface area contributed by atoms with Gasteiger partial charge in [0.1, 0.15) is 5.82 Å². The van der Waals surface area contributed by atoms with Gasteiger partial charge < -0.3 is 10.6 Å². The zero-order valence-electron chi connectivity index (χ0n) is 8.46. The van der Waals surface area contributed by atoms with Crippen LogP contribution in [0.25, 0.3) is 0 Å². The number of nitrogens with one attached hydrogen (secondary N) is 2. The maximum atomic E-state index is 11.3. The minimum atomic E-state index is -0.0919. The second-order valence-corrected chi connectivity index (χ2v) is 3.20. The zero-order chi connectivity index (χ0) is 11.1. The van der Waals surface area contributed by atoms with E-state index < -0.39 is 0 Å². The Morgan fingerprint density at radius 3 is 3.07 bits per heavy atom. The monoisotopic (exact) mass is 228 g/mol. The molecule has 0 saturated carbocycles. The van der Waals surface area contributed by atoms with Crippen LogP contribution in [0.15, 0.2) is 12.3 Å². The summed E-state index contributed by atoms with van der Waals surface area (Å²) in [5.41, 5.74) is 0. The van der Waals surface area contributed by atoms with Crippen LogP contribution in [0.5, 0.6) is 0 Å². The van der Waals surface area contributed by atoms with Gasteiger partial charge in [0.25, 0.3) is 0 Å². The highest BCUT2D eigenvalue weighted by molar-refractivity contribution is 6.28. The van der Waals surface area contributed by atoms with Crippen molar-refractivity contribution in [1.29, 1.82) is 0 Å². The summed E-state index contributed by atoms with van der Waals surface area (Å²) in [5.74, 6) is 0.335. The number of carbonyl (C=O) groups is 1. The maximum Gasteiger partial charge on any atom is 0.226 e. The van der Waals surface area contributed by atoms with Crippen molar-refractivity contribution in [1.82, 2.24) is 15.3 Å². The van der Waals surface area contributed by atoms with Gasteiger partial charge in [0, 0.05) is 19.2 Å². The van der Waals surface area contributed by atoms with Crippen LogP contribution in [0, 0.1) is 0 Å². The van der Waals surface area contributed by atoms with E-state index in [1.165, 1.54) is 6.20 Å². The van der Waals surface area contributed by atoms with Gasteiger partial charge in [-0.1, -0.05) is 6.92 Å². The molecule has 82 valence electrons. The lowest BCUT2D eigenvalue weighted by Gasteiger charge is -2.04. The van der Waals surface area contributed by atoms with Gasteiger partial charge in [0.15, 0.2) is 0 Å². The van der Waals surface area contributed by atoms with Crippen molar-refractivity contribution in [3.63, 3.8) is 0 Å². The third-order valence-corrected chi connectivity index (χ3v) is 1.85. The fraction of sp³-hybridized carbons (Fsp3) is 0.444. The van der Waals surface area contributed by atoms with Gasteiger partial charge in [-0.3, -0.25) is 4.79 Å². The SMILES string of the molecule is CCNCCC(=O)Nc1ccnc(Cl)n1. The number of aromatic nitrogens is 2. The van der Waals surface area contributed by atoms with E-state index in [1.807, 2.05) is 6.92 Å². The molecule has 0 atom stereocenters. The smallest absolute Gasteiger partial charge is 0.226 e. The molecule has 0 aliphatic heterocycles. The Balaban J connectivity index is 2.37. The van der Waals surface area contributed by atoms with Gasteiger partial charge in [0.05, 0.1) is 0 Å². The fourth-order valence-corrected chi connectivity index (χ4v) is 1.14. The molecule has 0 unspecified atom stereocenters. The lowest BCUT2D eigenvalue weighted by molar-refractivity contribution is -0.116. The molecule has 1 heterocycles. The molecule has 1 aromatic rings. The van der Waals surface area contributed by atoms with Gasteiger partial charge in [-0.25, -0.2) is 9.97 Å². The number of hydrogen-bond acceptors (Lipinski definition) is 4. The number of rotatable bonds is 5. The van der Waals surface area contributed by atoms with Gasteiger partial charge in [-0.05, 0) is 24.2 Å². The van der Waals surface area contributed by atoms with Gasteiger partial charge in [-0.2, -0.15) is 0 Å². The molecule has 2 N–H and O–H groups in total. The number of carbonyl (C=O) groups excluding carboxylic acids is 1. The molecule has 0 fully saturated rings. The number of nitrogens with zero attached hydrogens (tertiary/aromatic N) is 2. The summed E-state index contributed by atoms with van der Waals surface area (Å²) < 4.78 is 0. The molecule has 0 spiro atoms. The highest BCUT2D eigenvalue weighted by Crippen LogP contribution is 2.05. The molecule has 0 bridgehead atoms. The average molecular weight is 229 g/mol. The Morgan fingerprint density at radius 2 is 2.40 bits per heavy atom. The minimum Gasteiger partial charge on any atom is -0.316 e. The van der Waals surface area contributed by atoms with E-state index in [1.54, 1.807) is 6.07 Å². The minimum absolute atomic E-state index is 0.0919. The first-order chi connectivity index (χ1) is 7.22. The Hall–Kier alpha value is -1.20. The molecule has 6 heteroatoms. The fourth-order valence-electron chi connectivity index (χ4n) is 0.989. The first kappa shape index (κ1) is 11.9. The summed E-state index contributed by atoms with van der Waals surface area (Å²) in [7, 11) is 0. The highest BCUT2D eigenvalue weighted by atomic mass is 35.5. The normalized spacial score (nSPS) is 10.0. The van der Waals surface area contributed by atoms with Crippen LogP contribution in [-0.4, -0.2) is 29.0 Å². The van der Waals surface area contributed by atoms with Crippen molar-refractivity contribution in [2.24, 2.45) is 0 Å². The number of anilines is 1. The van der Waals surface area contributed by atoms with E-state index in [0.717, 1.165) is 6.54 Å².